The van der Waals surface area contributed by atoms with Gasteiger partial charge in [-0.1, -0.05) is 12.1 Å². The molecular weight excluding hydrogens is 454 g/mol. The molecule has 0 spiro atoms. The van der Waals surface area contributed by atoms with E-state index in [9.17, 15) is 24.4 Å². The average Bonchev–Trinajstić information content (AvgIpc) is 3.01. The molecule has 0 saturated carbocycles. The molecule has 1 fully saturated rings. The van der Waals surface area contributed by atoms with Crippen LogP contribution < -0.4 is 20.5 Å². The number of aromatic nitrogens is 2. The number of nitrogens with one attached hydrogen (secondary N) is 1. The average molecular weight is 475 g/mol. The molecule has 1 aromatic heterocycles. The second-order valence-corrected chi connectivity index (χ2v) is 8.61. The summed E-state index contributed by atoms with van der Waals surface area (Å²) in [5.74, 6) is -2.54. The number of H-pyrrole nitrogens is 1. The van der Waals surface area contributed by atoms with Crippen LogP contribution >= 0.6 is 7.82 Å². The standard InChI is InChI=1S/C18H20FN2O10P/c1-27-13-4-2-3-10-8-28-32(26,31-14(10)13)29-9-18(19)5-12(23)16(30-18)21-6-11(7-22)15(24)20-17(21)25/h2-4,6,12,16,22-23H,5,7-9H2,1H3,(H,20,24,25)/t12-,16-,18+,32?/m1/s1/i16D. The zero-order valence-corrected chi connectivity index (χ0v) is 17.5. The fraction of sp³-hybridized carbons (Fsp3) is 0.444. The molecular formula is C18H20FN2O10P. The van der Waals surface area contributed by atoms with Gasteiger partial charge in [-0.2, -0.15) is 0 Å². The van der Waals surface area contributed by atoms with Gasteiger partial charge >= 0.3 is 13.5 Å². The highest BCUT2D eigenvalue weighted by Gasteiger charge is 2.50. The maximum atomic E-state index is 15.4. The van der Waals surface area contributed by atoms with Crippen molar-refractivity contribution in [2.45, 2.75) is 37.8 Å². The smallest absolute Gasteiger partial charge is 0.493 e. The Kier molecular flexibility index (Phi) is 5.61. The van der Waals surface area contributed by atoms with Crippen LogP contribution in [0.2, 0.25) is 0 Å². The maximum Gasteiger partial charge on any atom is 0.530 e. The highest BCUT2D eigenvalue weighted by Crippen LogP contribution is 2.57. The summed E-state index contributed by atoms with van der Waals surface area (Å²) in [6.07, 6.45) is -4.70. The molecule has 1 aromatic carbocycles. The monoisotopic (exact) mass is 475 g/mol. The summed E-state index contributed by atoms with van der Waals surface area (Å²) in [6, 6.07) is 4.87. The van der Waals surface area contributed by atoms with Crippen molar-refractivity contribution in [3.8, 4) is 11.5 Å². The molecule has 2 aromatic rings. The van der Waals surface area contributed by atoms with E-state index in [2.05, 4.69) is 0 Å². The molecule has 174 valence electrons. The fourth-order valence-electron chi connectivity index (χ4n) is 3.22. The second-order valence-electron chi connectivity index (χ2n) is 7.02. The van der Waals surface area contributed by atoms with Gasteiger partial charge in [0, 0.05) is 18.2 Å². The number of hydrogen-bond donors (Lipinski definition) is 3. The zero-order chi connectivity index (χ0) is 24.0. The number of phosphoric ester groups is 1. The molecule has 2 aliphatic heterocycles. The molecule has 12 nitrogen and oxygen atoms in total. The lowest BCUT2D eigenvalue weighted by Gasteiger charge is -2.28. The Morgan fingerprint density at radius 1 is 1.47 bits per heavy atom. The van der Waals surface area contributed by atoms with Crippen LogP contribution in [0.25, 0.3) is 0 Å². The normalized spacial score (nSPS) is 32.1. The molecule has 0 radical (unpaired) electrons. The van der Waals surface area contributed by atoms with Crippen molar-refractivity contribution in [3.05, 3.63) is 56.4 Å². The summed E-state index contributed by atoms with van der Waals surface area (Å²) in [7, 11) is -2.96. The first-order chi connectivity index (χ1) is 15.5. The first-order valence-electron chi connectivity index (χ1n) is 9.80. The van der Waals surface area contributed by atoms with Gasteiger partial charge in [-0.15, -0.1) is 0 Å². The quantitative estimate of drug-likeness (QED) is 0.508. The Labute approximate surface area is 181 Å². The Bertz CT molecular complexity index is 1220. The molecule has 0 amide bonds. The summed E-state index contributed by atoms with van der Waals surface area (Å²) in [4.78, 5) is 25.6. The predicted molar refractivity (Wildman–Crippen MR) is 104 cm³/mol. The SMILES string of the molecule is [2H][C@@]1(n2cc(CO)c(=O)[nH]c2=O)O[C@](F)(COP2(=O)OCc3cccc(OC)c3O2)C[C@H]1O. The van der Waals surface area contributed by atoms with E-state index >= 15 is 4.39 Å². The van der Waals surface area contributed by atoms with Gasteiger partial charge in [-0.25, -0.2) is 13.8 Å². The van der Waals surface area contributed by atoms with E-state index in [0.717, 1.165) is 6.20 Å². The Morgan fingerprint density at radius 3 is 2.97 bits per heavy atom. The fourth-order valence-corrected chi connectivity index (χ4v) is 4.48. The molecule has 4 rings (SSSR count). The number of aliphatic hydroxyl groups excluding tert-OH is 2. The second kappa shape index (κ2) is 8.43. The molecule has 32 heavy (non-hydrogen) atoms. The third kappa shape index (κ3) is 4.22. The van der Waals surface area contributed by atoms with Crippen molar-refractivity contribution in [2.75, 3.05) is 13.7 Å². The molecule has 1 saturated heterocycles. The van der Waals surface area contributed by atoms with Crippen LogP contribution in [-0.4, -0.2) is 45.4 Å². The first kappa shape index (κ1) is 21.3. The van der Waals surface area contributed by atoms with Crippen LogP contribution in [0.5, 0.6) is 11.5 Å². The van der Waals surface area contributed by atoms with Gasteiger partial charge < -0.3 is 24.2 Å². The van der Waals surface area contributed by atoms with Crippen molar-refractivity contribution in [1.82, 2.24) is 9.55 Å². The predicted octanol–water partition coefficient (Wildman–Crippen LogP) is 0.717. The third-order valence-electron chi connectivity index (χ3n) is 4.79. The molecule has 14 heteroatoms. The lowest BCUT2D eigenvalue weighted by atomic mass is 10.2. The number of benzene rings is 1. The van der Waals surface area contributed by atoms with E-state index in [4.69, 9.17) is 24.4 Å². The van der Waals surface area contributed by atoms with Crippen molar-refractivity contribution in [2.24, 2.45) is 0 Å². The van der Waals surface area contributed by atoms with E-state index in [1.807, 2.05) is 4.98 Å². The lowest BCUT2D eigenvalue weighted by Crippen LogP contribution is -2.37. The van der Waals surface area contributed by atoms with E-state index in [-0.39, 0.29) is 23.7 Å². The van der Waals surface area contributed by atoms with Gasteiger partial charge in [-0.05, 0) is 6.07 Å². The Balaban J connectivity index is 1.54. The number of halogens is 1. The number of fused-ring (bicyclic) bond motifs is 1. The van der Waals surface area contributed by atoms with Crippen LogP contribution in [-0.2, 0) is 31.6 Å². The number of alkyl halides is 1. The molecule has 0 aliphatic carbocycles. The number of ether oxygens (including phenoxy) is 2. The maximum absolute atomic E-state index is 15.4. The van der Waals surface area contributed by atoms with Gasteiger partial charge in [0.05, 0.1) is 27.3 Å². The van der Waals surface area contributed by atoms with E-state index in [0.29, 0.717) is 10.1 Å². The number of aliphatic hydroxyl groups is 2. The molecule has 3 heterocycles. The van der Waals surface area contributed by atoms with Crippen molar-refractivity contribution in [1.29, 1.82) is 0 Å². The number of aromatic amines is 1. The molecule has 2 aliphatic rings. The molecule has 3 N–H and O–H groups in total. The number of para-hydroxylation sites is 1. The highest BCUT2D eigenvalue weighted by atomic mass is 31.2. The first-order valence-corrected chi connectivity index (χ1v) is 10.8. The summed E-state index contributed by atoms with van der Waals surface area (Å²) in [6.45, 7) is -2.04. The summed E-state index contributed by atoms with van der Waals surface area (Å²) in [5.41, 5.74) is -1.88. The van der Waals surface area contributed by atoms with Gasteiger partial charge in [0.2, 0.25) is 5.85 Å². The zero-order valence-electron chi connectivity index (χ0n) is 17.6. The van der Waals surface area contributed by atoms with E-state index < -0.39 is 56.9 Å². The number of rotatable bonds is 6. The van der Waals surface area contributed by atoms with Crippen LogP contribution in [0.4, 0.5) is 4.39 Å². The van der Waals surface area contributed by atoms with Crippen LogP contribution in [0.15, 0.2) is 34.0 Å². The molecule has 1 unspecified atom stereocenters. The molecule has 0 bridgehead atoms. The minimum absolute atomic E-state index is 0.0982. The van der Waals surface area contributed by atoms with Crippen molar-refractivity contribution < 1.29 is 43.6 Å². The summed E-state index contributed by atoms with van der Waals surface area (Å²) >= 11 is 0. The van der Waals surface area contributed by atoms with E-state index in [1.165, 1.54) is 7.11 Å². The molecule has 4 atom stereocenters. The van der Waals surface area contributed by atoms with Gasteiger partial charge in [0.1, 0.15) is 12.7 Å². The summed E-state index contributed by atoms with van der Waals surface area (Å²) < 4.78 is 62.7. The highest BCUT2D eigenvalue weighted by molar-refractivity contribution is 7.49. The summed E-state index contributed by atoms with van der Waals surface area (Å²) in [5, 5.41) is 19.6. The van der Waals surface area contributed by atoms with Crippen LogP contribution in [0, 0.1) is 0 Å². The van der Waals surface area contributed by atoms with Crippen LogP contribution in [0.1, 0.15) is 25.1 Å². The van der Waals surface area contributed by atoms with Crippen LogP contribution in [0.3, 0.4) is 0 Å². The van der Waals surface area contributed by atoms with E-state index in [1.54, 1.807) is 18.2 Å². The Morgan fingerprint density at radius 2 is 2.25 bits per heavy atom. The van der Waals surface area contributed by atoms with Crippen molar-refractivity contribution >= 4 is 7.82 Å². The lowest BCUT2D eigenvalue weighted by molar-refractivity contribution is -0.179. The van der Waals surface area contributed by atoms with Gasteiger partial charge in [0.15, 0.2) is 17.7 Å². The van der Waals surface area contributed by atoms with Gasteiger partial charge in [-0.3, -0.25) is 23.4 Å². The van der Waals surface area contributed by atoms with Gasteiger partial charge in [0.25, 0.3) is 5.56 Å². The van der Waals surface area contributed by atoms with Crippen molar-refractivity contribution in [3.63, 3.8) is 0 Å². The largest absolute Gasteiger partial charge is 0.530 e. The Hall–Kier alpha value is -2.54. The topological polar surface area (TPSA) is 159 Å². The minimum atomic E-state index is -4.34. The number of phosphoric acid groups is 1. The number of methoxy groups -OCH3 is 1. The number of nitrogens with zero attached hydrogens (tertiary/aromatic N) is 1. The minimum Gasteiger partial charge on any atom is -0.493 e. The third-order valence-corrected chi connectivity index (χ3v) is 6.09. The number of hydrogen-bond acceptors (Lipinski definition) is 10.